The molecule has 1 N–H and O–H groups in total. The van der Waals surface area contributed by atoms with Gasteiger partial charge in [0.1, 0.15) is 0 Å². The first-order valence-electron chi connectivity index (χ1n) is 5.67. The van der Waals surface area contributed by atoms with Crippen molar-refractivity contribution in [2.45, 2.75) is 13.8 Å². The van der Waals surface area contributed by atoms with Crippen molar-refractivity contribution in [2.24, 2.45) is 4.99 Å². The third kappa shape index (κ3) is 3.73. The van der Waals surface area contributed by atoms with Gasteiger partial charge in [0.25, 0.3) is 0 Å². The topological polar surface area (TPSA) is 61.8 Å². The Morgan fingerprint density at radius 3 is 2.33 bits per heavy atom. The minimum Gasteiger partial charge on any atom is -0.334 e. The van der Waals surface area contributed by atoms with E-state index in [2.05, 4.69) is 9.71 Å². The number of hydrogen-bond donors (Lipinski definition) is 1. The van der Waals surface area contributed by atoms with Crippen molar-refractivity contribution in [3.05, 3.63) is 24.3 Å². The molecule has 0 aliphatic rings. The highest BCUT2D eigenvalue weighted by atomic mass is 32.2. The second kappa shape index (κ2) is 5.86. The van der Waals surface area contributed by atoms with E-state index < -0.39 is 10.0 Å². The number of aliphatic imine (C=N–C) groups is 1. The van der Waals surface area contributed by atoms with Crippen molar-refractivity contribution in [1.29, 1.82) is 0 Å². The molecule has 0 aliphatic heterocycles. The van der Waals surface area contributed by atoms with Gasteiger partial charge in [-0.2, -0.15) is 0 Å². The van der Waals surface area contributed by atoms with Crippen LogP contribution in [0.25, 0.3) is 0 Å². The molecule has 0 radical (unpaired) electrons. The lowest BCUT2D eigenvalue weighted by molar-refractivity contribution is 0.602. The van der Waals surface area contributed by atoms with Crippen LogP contribution in [0.4, 0.5) is 11.4 Å². The highest BCUT2D eigenvalue weighted by molar-refractivity contribution is 7.92. The molecule has 0 fully saturated rings. The lowest BCUT2D eigenvalue weighted by Crippen LogP contribution is -2.23. The van der Waals surface area contributed by atoms with E-state index in [4.69, 9.17) is 0 Å². The number of benzene rings is 1. The molecule has 1 aromatic carbocycles. The lowest BCUT2D eigenvalue weighted by Gasteiger charge is -2.18. The fourth-order valence-electron chi connectivity index (χ4n) is 1.34. The second-order valence-electron chi connectivity index (χ2n) is 3.88. The van der Waals surface area contributed by atoms with Gasteiger partial charge >= 0.3 is 0 Å². The average molecular weight is 269 g/mol. The molecule has 0 atom stereocenters. The third-order valence-electron chi connectivity index (χ3n) is 2.72. The molecule has 0 saturated heterocycles. The van der Waals surface area contributed by atoms with Crippen LogP contribution in [0.15, 0.2) is 29.3 Å². The maximum atomic E-state index is 11.4. The summed E-state index contributed by atoms with van der Waals surface area (Å²) >= 11 is 0. The number of rotatable bonds is 4. The van der Waals surface area contributed by atoms with Crippen LogP contribution in [0.1, 0.15) is 13.8 Å². The largest absolute Gasteiger partial charge is 0.334 e. The number of amidine groups is 1. The number of hydrogen-bond acceptors (Lipinski definition) is 3. The second-order valence-corrected chi connectivity index (χ2v) is 5.89. The maximum Gasteiger partial charge on any atom is 0.232 e. The number of anilines is 2. The first kappa shape index (κ1) is 14.5. The lowest BCUT2D eigenvalue weighted by atomic mass is 10.2. The molecule has 18 heavy (non-hydrogen) atoms. The van der Waals surface area contributed by atoms with Crippen molar-refractivity contribution in [3.8, 4) is 0 Å². The van der Waals surface area contributed by atoms with E-state index >= 15 is 0 Å². The summed E-state index contributed by atoms with van der Waals surface area (Å²) in [7, 11) is 0.428. The molecule has 0 saturated carbocycles. The molecule has 1 aromatic rings. The van der Waals surface area contributed by atoms with Crippen molar-refractivity contribution in [3.63, 3.8) is 0 Å². The summed E-state index contributed by atoms with van der Waals surface area (Å²) in [5.41, 5.74) is 1.53. The molecule has 0 amide bonds. The van der Waals surface area contributed by atoms with Crippen molar-refractivity contribution < 1.29 is 8.42 Å². The van der Waals surface area contributed by atoms with Crippen LogP contribution in [-0.4, -0.2) is 34.1 Å². The molecule has 0 unspecified atom stereocenters. The molecule has 0 spiro atoms. The quantitative estimate of drug-likeness (QED) is 0.671. The zero-order chi connectivity index (χ0) is 13.8. The van der Waals surface area contributed by atoms with Gasteiger partial charge < -0.3 is 4.90 Å². The first-order chi connectivity index (χ1) is 8.39. The van der Waals surface area contributed by atoms with Gasteiger partial charge in [-0.25, -0.2) is 8.42 Å². The summed E-state index contributed by atoms with van der Waals surface area (Å²) in [6.07, 6.45) is 0. The first-order valence-corrected chi connectivity index (χ1v) is 7.32. The molecular weight excluding hydrogens is 250 g/mol. The highest BCUT2D eigenvalue weighted by Gasteiger charge is 2.07. The molecule has 5 nitrogen and oxygen atoms in total. The molecule has 0 aliphatic carbocycles. The molecule has 0 aromatic heterocycles. The minimum absolute atomic E-state index is 0.0657. The Labute approximate surface area is 109 Å². The Morgan fingerprint density at radius 1 is 1.33 bits per heavy atom. The number of sulfonamides is 1. The molecule has 1 rings (SSSR count). The summed E-state index contributed by atoms with van der Waals surface area (Å²) in [6.45, 7) is 3.51. The van der Waals surface area contributed by atoms with Gasteiger partial charge in [0.2, 0.25) is 10.0 Å². The number of nitrogens with zero attached hydrogens (tertiary/aromatic N) is 2. The van der Waals surface area contributed by atoms with Gasteiger partial charge in [-0.15, -0.1) is 0 Å². The smallest absolute Gasteiger partial charge is 0.232 e. The van der Waals surface area contributed by atoms with Crippen molar-refractivity contribution >= 4 is 27.2 Å². The van der Waals surface area contributed by atoms with Gasteiger partial charge in [0.05, 0.1) is 11.6 Å². The Bertz CT molecular complexity index is 521. The fourth-order valence-corrected chi connectivity index (χ4v) is 1.98. The Balaban J connectivity index is 2.87. The van der Waals surface area contributed by atoms with Gasteiger partial charge in [-0.3, -0.25) is 9.71 Å². The van der Waals surface area contributed by atoms with E-state index in [0.717, 1.165) is 11.5 Å². The monoisotopic (exact) mass is 269 g/mol. The van der Waals surface area contributed by atoms with E-state index in [0.29, 0.717) is 5.69 Å². The fraction of sp³-hybridized carbons (Fsp3) is 0.417. The summed E-state index contributed by atoms with van der Waals surface area (Å²) in [6, 6.07) is 7.17. The van der Waals surface area contributed by atoms with Crippen LogP contribution >= 0.6 is 0 Å². The average Bonchev–Trinajstić information content (AvgIpc) is 2.37. The maximum absolute atomic E-state index is 11.4. The SMILES string of the molecule is CCS(=O)(=O)Nc1ccc(N(C)C(C)=NC)cc1. The molecule has 100 valence electrons. The van der Waals surface area contributed by atoms with Crippen molar-refractivity contribution in [1.82, 2.24) is 0 Å². The van der Waals surface area contributed by atoms with Gasteiger partial charge in [0.15, 0.2) is 0 Å². The summed E-state index contributed by atoms with van der Waals surface area (Å²) in [5, 5.41) is 0. The molecule has 6 heteroatoms. The summed E-state index contributed by atoms with van der Waals surface area (Å²) in [5.74, 6) is 0.952. The van der Waals surface area contributed by atoms with E-state index in [1.807, 2.05) is 31.0 Å². The van der Waals surface area contributed by atoms with Gasteiger partial charge in [0, 0.05) is 25.5 Å². The van der Waals surface area contributed by atoms with Gasteiger partial charge in [-0.1, -0.05) is 0 Å². The number of nitrogens with one attached hydrogen (secondary N) is 1. The van der Waals surface area contributed by atoms with Crippen molar-refractivity contribution in [2.75, 3.05) is 29.5 Å². The molecular formula is C12H19N3O2S. The summed E-state index contributed by atoms with van der Waals surface area (Å²) in [4.78, 5) is 6.02. The van der Waals surface area contributed by atoms with E-state index in [9.17, 15) is 8.42 Å². The van der Waals surface area contributed by atoms with Crippen LogP contribution in [0.3, 0.4) is 0 Å². The van der Waals surface area contributed by atoms with E-state index in [-0.39, 0.29) is 5.75 Å². The van der Waals surface area contributed by atoms with E-state index in [1.165, 1.54) is 0 Å². The minimum atomic E-state index is -3.21. The molecule has 0 heterocycles. The van der Waals surface area contributed by atoms with Crippen LogP contribution in [-0.2, 0) is 10.0 Å². The van der Waals surface area contributed by atoms with Crippen LogP contribution < -0.4 is 9.62 Å². The predicted molar refractivity (Wildman–Crippen MR) is 77.0 cm³/mol. The standard InChI is InChI=1S/C12H19N3O2S/c1-5-18(16,17)14-11-6-8-12(9-7-11)15(4)10(2)13-3/h6-9,14H,5H2,1-4H3. The zero-order valence-corrected chi connectivity index (χ0v) is 12.0. The normalized spacial score (nSPS) is 12.3. The third-order valence-corrected chi connectivity index (χ3v) is 4.02. The van der Waals surface area contributed by atoms with Crippen LogP contribution in [0.2, 0.25) is 0 Å². The van der Waals surface area contributed by atoms with Gasteiger partial charge in [-0.05, 0) is 38.1 Å². The Morgan fingerprint density at radius 2 is 1.89 bits per heavy atom. The Hall–Kier alpha value is -1.56. The van der Waals surface area contributed by atoms with Crippen LogP contribution in [0, 0.1) is 0 Å². The Kier molecular flexibility index (Phi) is 4.72. The molecule has 0 bridgehead atoms. The zero-order valence-electron chi connectivity index (χ0n) is 11.1. The highest BCUT2D eigenvalue weighted by Crippen LogP contribution is 2.18. The summed E-state index contributed by atoms with van der Waals surface area (Å²) < 4.78 is 25.3. The van der Waals surface area contributed by atoms with Crippen LogP contribution in [0.5, 0.6) is 0 Å². The predicted octanol–water partition coefficient (Wildman–Crippen LogP) is 1.93. The van der Waals surface area contributed by atoms with E-state index in [1.54, 1.807) is 26.1 Å².